The number of hydrogen-bond acceptors (Lipinski definition) is 9. The highest BCUT2D eigenvalue weighted by Gasteiger charge is 2.19. The highest BCUT2D eigenvalue weighted by atomic mass is 32.2. The van der Waals surface area contributed by atoms with Crippen molar-refractivity contribution in [3.63, 3.8) is 0 Å². The summed E-state index contributed by atoms with van der Waals surface area (Å²) in [6.45, 7) is 6.26. The van der Waals surface area contributed by atoms with Crippen LogP contribution < -0.4 is 16.4 Å². The normalized spacial score (nSPS) is 13.9. The number of nitrogens with zero attached hydrogens (tertiary/aromatic N) is 5. The quantitative estimate of drug-likeness (QED) is 0.233. The Bertz CT molecular complexity index is 1380. The Hall–Kier alpha value is -4.01. The standard InChI is InChI=1S/C29H34N8O2S/c1-19(37-14-3-4-15-37)8-13-26(39)32-17-23-6-5-7-24(34-23)18-40-29-35-27(25(16-30)28(31)36-29)21-9-11-22(12-10-21)33-20(2)38/h5-7,9-12,19H,3-4,8,13-15,17-18H2,1-2H3,(H,32,39)(H,33,38)(H2,31,35,36). The number of nitrogen functional groups attached to an aromatic ring is 1. The summed E-state index contributed by atoms with van der Waals surface area (Å²) in [5.74, 6) is 0.454. The zero-order chi connectivity index (χ0) is 28.5. The SMILES string of the molecule is CC(=O)Nc1ccc(-c2nc(SCc3cccc(CNC(=O)CCC(C)N4CCCC4)n3)nc(N)c2C#N)cc1. The summed E-state index contributed by atoms with van der Waals surface area (Å²) in [4.78, 5) is 39.7. The molecular formula is C29H34N8O2S. The predicted molar refractivity (Wildman–Crippen MR) is 156 cm³/mol. The number of nitrogens with one attached hydrogen (secondary N) is 2. The molecule has 1 atom stereocenters. The summed E-state index contributed by atoms with van der Waals surface area (Å²) in [6, 6.07) is 15.3. The van der Waals surface area contributed by atoms with E-state index in [9.17, 15) is 14.9 Å². The van der Waals surface area contributed by atoms with E-state index in [-0.39, 0.29) is 23.2 Å². The van der Waals surface area contributed by atoms with Gasteiger partial charge < -0.3 is 21.3 Å². The van der Waals surface area contributed by atoms with Crippen LogP contribution >= 0.6 is 11.8 Å². The lowest BCUT2D eigenvalue weighted by atomic mass is 10.1. The molecule has 0 spiro atoms. The van der Waals surface area contributed by atoms with Gasteiger partial charge in [-0.25, -0.2) is 9.97 Å². The maximum absolute atomic E-state index is 12.4. The van der Waals surface area contributed by atoms with Crippen molar-refractivity contribution in [2.75, 3.05) is 24.1 Å². The second-order valence-corrected chi connectivity index (χ2v) is 10.7. The number of carbonyl (C=O) groups excluding carboxylic acids is 2. The lowest BCUT2D eigenvalue weighted by Crippen LogP contribution is -2.32. The molecule has 10 nitrogen and oxygen atoms in total. The van der Waals surface area contributed by atoms with Crippen LogP contribution in [0.25, 0.3) is 11.3 Å². The number of rotatable bonds is 11. The Kier molecular flexibility index (Phi) is 10.0. The molecule has 1 aromatic carbocycles. The Morgan fingerprint density at radius 2 is 1.82 bits per heavy atom. The topological polar surface area (TPSA) is 150 Å². The zero-order valence-electron chi connectivity index (χ0n) is 22.8. The molecule has 0 saturated carbocycles. The van der Waals surface area contributed by atoms with E-state index in [1.54, 1.807) is 24.3 Å². The maximum Gasteiger partial charge on any atom is 0.221 e. The second-order valence-electron chi connectivity index (χ2n) is 9.80. The number of nitrogens with two attached hydrogens (primary N) is 1. The molecule has 11 heteroatoms. The van der Waals surface area contributed by atoms with Gasteiger partial charge in [-0.3, -0.25) is 14.6 Å². The number of amides is 2. The van der Waals surface area contributed by atoms with Gasteiger partial charge >= 0.3 is 0 Å². The number of likely N-dealkylation sites (tertiary alicyclic amines) is 1. The molecule has 2 amide bonds. The van der Waals surface area contributed by atoms with Crippen LogP contribution in [0.15, 0.2) is 47.6 Å². The Morgan fingerprint density at radius 3 is 2.52 bits per heavy atom. The van der Waals surface area contributed by atoms with Crippen molar-refractivity contribution >= 4 is 35.1 Å². The lowest BCUT2D eigenvalue weighted by Gasteiger charge is -2.23. The Labute approximate surface area is 238 Å². The van der Waals surface area contributed by atoms with Gasteiger partial charge in [-0.15, -0.1) is 0 Å². The number of carbonyl (C=O) groups is 2. The first-order valence-electron chi connectivity index (χ1n) is 13.4. The Morgan fingerprint density at radius 1 is 1.10 bits per heavy atom. The number of pyridine rings is 1. The van der Waals surface area contributed by atoms with Gasteiger partial charge in [0.05, 0.1) is 23.6 Å². The van der Waals surface area contributed by atoms with Crippen LogP contribution in [-0.2, 0) is 21.9 Å². The van der Waals surface area contributed by atoms with E-state index in [0.717, 1.165) is 30.9 Å². The van der Waals surface area contributed by atoms with Gasteiger partial charge in [-0.1, -0.05) is 30.0 Å². The highest BCUT2D eigenvalue weighted by Crippen LogP contribution is 2.29. The third kappa shape index (κ3) is 8.00. The fourth-order valence-electron chi connectivity index (χ4n) is 4.58. The summed E-state index contributed by atoms with van der Waals surface area (Å²) in [6.07, 6.45) is 3.85. The van der Waals surface area contributed by atoms with E-state index in [2.05, 4.69) is 43.5 Å². The fourth-order valence-corrected chi connectivity index (χ4v) is 5.34. The molecule has 208 valence electrons. The highest BCUT2D eigenvalue weighted by molar-refractivity contribution is 7.98. The average molecular weight is 559 g/mol. The summed E-state index contributed by atoms with van der Waals surface area (Å²) in [7, 11) is 0. The molecule has 1 saturated heterocycles. The third-order valence-corrected chi connectivity index (χ3v) is 7.62. The number of nitriles is 1. The van der Waals surface area contributed by atoms with Crippen molar-refractivity contribution in [1.29, 1.82) is 5.26 Å². The molecule has 0 bridgehead atoms. The number of aromatic nitrogens is 3. The van der Waals surface area contributed by atoms with Crippen molar-refractivity contribution in [2.24, 2.45) is 0 Å². The van der Waals surface area contributed by atoms with Crippen LogP contribution in [0.4, 0.5) is 11.5 Å². The fraction of sp³-hybridized carbons (Fsp3) is 0.379. The van der Waals surface area contributed by atoms with Crippen LogP contribution in [0, 0.1) is 11.3 Å². The summed E-state index contributed by atoms with van der Waals surface area (Å²) in [5, 5.41) is 15.8. The lowest BCUT2D eigenvalue weighted by molar-refractivity contribution is -0.121. The van der Waals surface area contributed by atoms with Crippen molar-refractivity contribution in [1.82, 2.24) is 25.2 Å². The van der Waals surface area contributed by atoms with Crippen LogP contribution in [0.2, 0.25) is 0 Å². The molecule has 3 heterocycles. The molecular weight excluding hydrogens is 524 g/mol. The van der Waals surface area contributed by atoms with E-state index >= 15 is 0 Å². The van der Waals surface area contributed by atoms with E-state index < -0.39 is 0 Å². The van der Waals surface area contributed by atoms with Crippen molar-refractivity contribution in [3.05, 3.63) is 59.4 Å². The monoisotopic (exact) mass is 558 g/mol. The molecule has 0 radical (unpaired) electrons. The first kappa shape index (κ1) is 29.0. The molecule has 1 unspecified atom stereocenters. The van der Waals surface area contributed by atoms with Gasteiger partial charge in [0.15, 0.2) is 5.16 Å². The minimum Gasteiger partial charge on any atom is -0.382 e. The smallest absolute Gasteiger partial charge is 0.221 e. The molecule has 2 aromatic heterocycles. The van der Waals surface area contributed by atoms with Crippen LogP contribution in [0.3, 0.4) is 0 Å². The summed E-state index contributed by atoms with van der Waals surface area (Å²) in [5.41, 5.74) is 9.65. The predicted octanol–water partition coefficient (Wildman–Crippen LogP) is 4.12. The van der Waals surface area contributed by atoms with E-state index in [0.29, 0.717) is 46.9 Å². The molecule has 0 aliphatic carbocycles. The second kappa shape index (κ2) is 13.9. The van der Waals surface area contributed by atoms with Crippen molar-refractivity contribution in [2.45, 2.75) is 63.0 Å². The van der Waals surface area contributed by atoms with Gasteiger partial charge in [0.25, 0.3) is 0 Å². The average Bonchev–Trinajstić information content (AvgIpc) is 3.49. The molecule has 1 aliphatic heterocycles. The number of benzene rings is 1. The summed E-state index contributed by atoms with van der Waals surface area (Å²) < 4.78 is 0. The Balaban J connectivity index is 1.35. The molecule has 3 aromatic rings. The molecule has 1 aliphatic rings. The number of anilines is 2. The summed E-state index contributed by atoms with van der Waals surface area (Å²) >= 11 is 1.36. The van der Waals surface area contributed by atoms with Crippen molar-refractivity contribution in [3.8, 4) is 17.3 Å². The number of hydrogen-bond donors (Lipinski definition) is 3. The van der Waals surface area contributed by atoms with Gasteiger partial charge in [-0.05, 0) is 63.5 Å². The maximum atomic E-state index is 12.4. The van der Waals surface area contributed by atoms with Crippen molar-refractivity contribution < 1.29 is 9.59 Å². The zero-order valence-corrected chi connectivity index (χ0v) is 23.6. The van der Waals surface area contributed by atoms with Crippen LogP contribution in [0.5, 0.6) is 0 Å². The van der Waals surface area contributed by atoms with Gasteiger partial charge in [0.1, 0.15) is 17.5 Å². The largest absolute Gasteiger partial charge is 0.382 e. The van der Waals surface area contributed by atoms with Gasteiger partial charge in [0.2, 0.25) is 11.8 Å². The first-order chi connectivity index (χ1) is 19.3. The first-order valence-corrected chi connectivity index (χ1v) is 14.3. The van der Waals surface area contributed by atoms with E-state index in [1.807, 2.05) is 18.2 Å². The molecule has 4 rings (SSSR count). The minimum absolute atomic E-state index is 0.0340. The number of thioether (sulfide) groups is 1. The van der Waals surface area contributed by atoms with Gasteiger partial charge in [-0.2, -0.15) is 5.26 Å². The van der Waals surface area contributed by atoms with E-state index in [4.69, 9.17) is 5.73 Å². The van der Waals surface area contributed by atoms with E-state index in [1.165, 1.54) is 31.5 Å². The van der Waals surface area contributed by atoms with Crippen LogP contribution in [-0.4, -0.2) is 50.8 Å². The minimum atomic E-state index is -0.168. The molecule has 4 N–H and O–H groups in total. The van der Waals surface area contributed by atoms with Gasteiger partial charge in [0, 0.05) is 36.4 Å². The molecule has 1 fully saturated rings. The third-order valence-electron chi connectivity index (χ3n) is 6.74. The molecule has 40 heavy (non-hydrogen) atoms. The van der Waals surface area contributed by atoms with Crippen LogP contribution in [0.1, 0.15) is 56.5 Å².